The van der Waals surface area contributed by atoms with Crippen LogP contribution in [0.15, 0.2) is 72.8 Å². The van der Waals surface area contributed by atoms with Crippen molar-refractivity contribution < 1.29 is 0 Å². The summed E-state index contributed by atoms with van der Waals surface area (Å²) in [6.07, 6.45) is 1.06. The van der Waals surface area contributed by atoms with Gasteiger partial charge in [-0.15, -0.1) is 0 Å². The molecule has 0 atom stereocenters. The molecule has 0 nitrogen and oxygen atoms in total. The first-order valence-electron chi connectivity index (χ1n) is 8.18. The van der Waals surface area contributed by atoms with Crippen LogP contribution in [0.5, 0.6) is 0 Å². The Balaban J connectivity index is 1.82. The van der Waals surface area contributed by atoms with Gasteiger partial charge in [0.05, 0.1) is 0 Å². The van der Waals surface area contributed by atoms with Crippen molar-refractivity contribution in [2.45, 2.75) is 6.42 Å². The number of rotatable bonds is 0. The Hall–Kier alpha value is -2.86. The molecule has 4 aromatic rings. The maximum atomic E-state index is 2.33. The first-order valence-corrected chi connectivity index (χ1v) is 8.18. The highest BCUT2D eigenvalue weighted by molar-refractivity contribution is 6.18. The van der Waals surface area contributed by atoms with Crippen molar-refractivity contribution in [2.75, 3.05) is 0 Å². The molecule has 0 aliphatic heterocycles. The van der Waals surface area contributed by atoms with Gasteiger partial charge < -0.3 is 0 Å². The maximum Gasteiger partial charge on any atom is -0.00132 e. The van der Waals surface area contributed by atoms with E-state index >= 15 is 0 Å². The molecule has 0 aromatic heterocycles. The molecule has 23 heavy (non-hydrogen) atoms. The Morgan fingerprint density at radius 3 is 2.17 bits per heavy atom. The predicted octanol–water partition coefficient (Wildman–Crippen LogP) is 6.06. The van der Waals surface area contributed by atoms with Crippen molar-refractivity contribution in [3.63, 3.8) is 0 Å². The number of hydrogen-bond acceptors (Lipinski definition) is 0. The lowest BCUT2D eigenvalue weighted by atomic mass is 9.93. The van der Waals surface area contributed by atoms with Crippen molar-refractivity contribution in [2.24, 2.45) is 0 Å². The largest absolute Gasteiger partial charge is 0.0619 e. The fourth-order valence-corrected chi connectivity index (χ4v) is 4.50. The highest BCUT2D eigenvalue weighted by atomic mass is 14.3. The minimum absolute atomic E-state index is 1.06. The summed E-state index contributed by atoms with van der Waals surface area (Å²) in [5.74, 6) is 0. The SMILES string of the molecule is c1ccc2c(c1)Cc1ccc3c(c1-2)-c1cccc2cccc-3c12. The Kier molecular flexibility index (Phi) is 1.98. The van der Waals surface area contributed by atoms with Crippen LogP contribution in [0.4, 0.5) is 0 Å². The van der Waals surface area contributed by atoms with E-state index in [0.29, 0.717) is 0 Å². The lowest BCUT2D eigenvalue weighted by molar-refractivity contribution is 1.26. The van der Waals surface area contributed by atoms with Crippen LogP contribution in [0, 0.1) is 0 Å². The third-order valence-electron chi connectivity index (χ3n) is 5.42. The molecule has 0 amide bonds. The lowest BCUT2D eigenvalue weighted by Crippen LogP contribution is -1.85. The van der Waals surface area contributed by atoms with Crippen molar-refractivity contribution in [1.82, 2.24) is 0 Å². The minimum atomic E-state index is 1.06. The van der Waals surface area contributed by atoms with Gasteiger partial charge in [0.15, 0.2) is 0 Å². The van der Waals surface area contributed by atoms with Crippen LogP contribution in [-0.2, 0) is 6.42 Å². The van der Waals surface area contributed by atoms with E-state index in [9.17, 15) is 0 Å². The van der Waals surface area contributed by atoms with Gasteiger partial charge >= 0.3 is 0 Å². The summed E-state index contributed by atoms with van der Waals surface area (Å²) >= 11 is 0. The molecule has 0 radical (unpaired) electrons. The van der Waals surface area contributed by atoms with Crippen LogP contribution in [0.25, 0.3) is 44.2 Å². The molecule has 6 rings (SSSR count). The molecular weight excluding hydrogens is 276 g/mol. The van der Waals surface area contributed by atoms with E-state index in [1.165, 1.54) is 55.3 Å². The van der Waals surface area contributed by atoms with E-state index in [0.717, 1.165) is 6.42 Å². The quantitative estimate of drug-likeness (QED) is 0.319. The topological polar surface area (TPSA) is 0 Å². The second kappa shape index (κ2) is 3.91. The average Bonchev–Trinajstić information content (AvgIpc) is 3.13. The number of benzene rings is 4. The summed E-state index contributed by atoms with van der Waals surface area (Å²) < 4.78 is 0. The van der Waals surface area contributed by atoms with Crippen LogP contribution in [0.2, 0.25) is 0 Å². The summed E-state index contributed by atoms with van der Waals surface area (Å²) in [5.41, 5.74) is 11.4. The molecule has 0 heterocycles. The maximum absolute atomic E-state index is 2.33. The Bertz CT molecular complexity index is 1130. The summed E-state index contributed by atoms with van der Waals surface area (Å²) in [6, 6.07) is 26.9. The summed E-state index contributed by atoms with van der Waals surface area (Å²) in [5, 5.41) is 2.76. The highest BCUT2D eigenvalue weighted by Gasteiger charge is 2.29. The van der Waals surface area contributed by atoms with Crippen molar-refractivity contribution in [1.29, 1.82) is 0 Å². The van der Waals surface area contributed by atoms with E-state index in [1.54, 1.807) is 0 Å². The molecule has 0 heteroatoms. The first kappa shape index (κ1) is 11.7. The van der Waals surface area contributed by atoms with Gasteiger partial charge in [0, 0.05) is 0 Å². The molecule has 0 fully saturated rings. The molecular formula is C23H14. The molecule has 4 aromatic carbocycles. The van der Waals surface area contributed by atoms with Gasteiger partial charge in [0.2, 0.25) is 0 Å². The molecule has 2 aliphatic rings. The highest BCUT2D eigenvalue weighted by Crippen LogP contribution is 2.54. The van der Waals surface area contributed by atoms with Gasteiger partial charge in [-0.2, -0.15) is 0 Å². The van der Waals surface area contributed by atoms with Gasteiger partial charge in [-0.1, -0.05) is 72.8 Å². The standard InChI is InChI=1S/C23H14/c1-2-8-17-15(5-1)13-16-11-12-19-18-9-3-6-14-7-4-10-20(21(14)18)23(19)22(16)17/h1-12H,13H2. The van der Waals surface area contributed by atoms with Crippen LogP contribution in [-0.4, -0.2) is 0 Å². The second-order valence-corrected chi connectivity index (χ2v) is 6.57. The third kappa shape index (κ3) is 1.33. The molecule has 0 saturated heterocycles. The Morgan fingerprint density at radius 2 is 1.26 bits per heavy atom. The summed E-state index contributed by atoms with van der Waals surface area (Å²) in [7, 11) is 0. The monoisotopic (exact) mass is 290 g/mol. The summed E-state index contributed by atoms with van der Waals surface area (Å²) in [4.78, 5) is 0. The zero-order valence-corrected chi connectivity index (χ0v) is 12.6. The zero-order valence-electron chi connectivity index (χ0n) is 12.6. The van der Waals surface area contributed by atoms with E-state index < -0.39 is 0 Å². The fraction of sp³-hybridized carbons (Fsp3) is 0.0435. The van der Waals surface area contributed by atoms with Gasteiger partial charge in [-0.25, -0.2) is 0 Å². The summed E-state index contributed by atoms with van der Waals surface area (Å²) in [6.45, 7) is 0. The minimum Gasteiger partial charge on any atom is -0.0619 e. The van der Waals surface area contributed by atoms with Gasteiger partial charge in [0.25, 0.3) is 0 Å². The normalized spacial score (nSPS) is 13.0. The lowest BCUT2D eigenvalue weighted by Gasteiger charge is -2.10. The third-order valence-corrected chi connectivity index (χ3v) is 5.42. The zero-order chi connectivity index (χ0) is 15.0. The van der Waals surface area contributed by atoms with Crippen molar-refractivity contribution in [3.8, 4) is 33.4 Å². The number of fused-ring (bicyclic) bond motifs is 7. The molecule has 0 bridgehead atoms. The van der Waals surface area contributed by atoms with Gasteiger partial charge in [-0.05, 0) is 61.7 Å². The molecule has 2 aliphatic carbocycles. The predicted molar refractivity (Wildman–Crippen MR) is 96.6 cm³/mol. The van der Waals surface area contributed by atoms with Crippen molar-refractivity contribution >= 4 is 10.8 Å². The average molecular weight is 290 g/mol. The van der Waals surface area contributed by atoms with Gasteiger partial charge in [0.1, 0.15) is 0 Å². The molecule has 0 spiro atoms. The van der Waals surface area contributed by atoms with Crippen molar-refractivity contribution in [3.05, 3.63) is 83.9 Å². The smallest absolute Gasteiger partial charge is 0.00132 e. The molecule has 0 unspecified atom stereocenters. The van der Waals surface area contributed by atoms with E-state index in [-0.39, 0.29) is 0 Å². The first-order chi connectivity index (χ1) is 11.4. The van der Waals surface area contributed by atoms with Crippen LogP contribution in [0.3, 0.4) is 0 Å². The number of hydrogen-bond donors (Lipinski definition) is 0. The Labute approximate surface area is 135 Å². The van der Waals surface area contributed by atoms with Gasteiger partial charge in [-0.3, -0.25) is 0 Å². The van der Waals surface area contributed by atoms with E-state index in [1.807, 2.05) is 0 Å². The van der Waals surface area contributed by atoms with Crippen LogP contribution >= 0.6 is 0 Å². The van der Waals surface area contributed by atoms with Crippen LogP contribution < -0.4 is 0 Å². The van der Waals surface area contributed by atoms with E-state index in [4.69, 9.17) is 0 Å². The molecule has 0 N–H and O–H groups in total. The Morgan fingerprint density at radius 1 is 0.478 bits per heavy atom. The fourth-order valence-electron chi connectivity index (χ4n) is 4.50. The second-order valence-electron chi connectivity index (χ2n) is 6.57. The molecule has 106 valence electrons. The molecule has 0 saturated carbocycles. The van der Waals surface area contributed by atoms with E-state index in [2.05, 4.69) is 72.8 Å². The van der Waals surface area contributed by atoms with Crippen LogP contribution in [0.1, 0.15) is 11.1 Å².